The molecular formula is C17H15Cl2N. The van der Waals surface area contributed by atoms with Crippen LogP contribution in [0.3, 0.4) is 0 Å². The molecule has 0 aliphatic carbocycles. The van der Waals surface area contributed by atoms with Crippen LogP contribution in [0.2, 0.25) is 10.0 Å². The third kappa shape index (κ3) is 2.44. The monoisotopic (exact) mass is 303 g/mol. The summed E-state index contributed by atoms with van der Waals surface area (Å²) in [5.41, 5.74) is 4.78. The highest BCUT2D eigenvalue weighted by Crippen LogP contribution is 2.33. The van der Waals surface area contributed by atoms with Crippen LogP contribution in [0, 0.1) is 0 Å². The highest BCUT2D eigenvalue weighted by atomic mass is 35.5. The van der Waals surface area contributed by atoms with Crippen LogP contribution in [0.4, 0.5) is 0 Å². The first kappa shape index (κ1) is 13.5. The molecule has 3 heteroatoms. The van der Waals surface area contributed by atoms with Gasteiger partial charge in [0.2, 0.25) is 0 Å². The molecular weight excluding hydrogens is 289 g/mol. The van der Waals surface area contributed by atoms with Crippen LogP contribution in [0.15, 0.2) is 42.5 Å². The van der Waals surface area contributed by atoms with E-state index in [0.717, 1.165) is 34.0 Å². The molecule has 0 saturated carbocycles. The van der Waals surface area contributed by atoms with Crippen molar-refractivity contribution in [3.8, 4) is 11.3 Å². The minimum absolute atomic E-state index is 0.755. The topological polar surface area (TPSA) is 15.8 Å². The van der Waals surface area contributed by atoms with Crippen molar-refractivity contribution in [1.82, 2.24) is 4.98 Å². The van der Waals surface area contributed by atoms with Gasteiger partial charge < -0.3 is 4.98 Å². The molecule has 0 aliphatic rings. The van der Waals surface area contributed by atoms with Gasteiger partial charge in [-0.3, -0.25) is 0 Å². The van der Waals surface area contributed by atoms with Crippen LogP contribution in [-0.4, -0.2) is 4.98 Å². The second-order valence-corrected chi connectivity index (χ2v) is 5.80. The van der Waals surface area contributed by atoms with Gasteiger partial charge in [0.15, 0.2) is 0 Å². The molecule has 0 bridgehead atoms. The summed E-state index contributed by atoms with van der Waals surface area (Å²) < 4.78 is 0. The van der Waals surface area contributed by atoms with E-state index in [4.69, 9.17) is 23.2 Å². The first-order valence-corrected chi connectivity index (χ1v) is 7.50. The summed E-state index contributed by atoms with van der Waals surface area (Å²) in [4.78, 5) is 3.51. The summed E-state index contributed by atoms with van der Waals surface area (Å²) in [6, 6.07) is 13.9. The number of aromatic nitrogens is 1. The normalized spacial score (nSPS) is 11.2. The van der Waals surface area contributed by atoms with Crippen molar-refractivity contribution in [3.63, 3.8) is 0 Å². The van der Waals surface area contributed by atoms with E-state index in [1.807, 2.05) is 42.5 Å². The largest absolute Gasteiger partial charge is 0.354 e. The second-order valence-electron chi connectivity index (χ2n) is 4.93. The number of benzene rings is 2. The molecule has 0 unspecified atom stereocenters. The van der Waals surface area contributed by atoms with Gasteiger partial charge in [0.1, 0.15) is 0 Å². The van der Waals surface area contributed by atoms with E-state index >= 15 is 0 Å². The summed E-state index contributed by atoms with van der Waals surface area (Å²) in [5.74, 6) is 0. The number of rotatable bonds is 3. The zero-order valence-electron chi connectivity index (χ0n) is 11.2. The predicted octanol–water partition coefficient (Wildman–Crippen LogP) is 6.09. The Labute approximate surface area is 128 Å². The first-order chi connectivity index (χ1) is 9.69. The summed E-state index contributed by atoms with van der Waals surface area (Å²) in [5, 5.41) is 2.74. The van der Waals surface area contributed by atoms with Gasteiger partial charge in [-0.25, -0.2) is 0 Å². The zero-order valence-corrected chi connectivity index (χ0v) is 12.7. The van der Waals surface area contributed by atoms with E-state index in [2.05, 4.69) is 11.9 Å². The van der Waals surface area contributed by atoms with E-state index in [0.29, 0.717) is 0 Å². The van der Waals surface area contributed by atoms with E-state index in [-0.39, 0.29) is 0 Å². The van der Waals surface area contributed by atoms with Gasteiger partial charge in [0.25, 0.3) is 0 Å². The van der Waals surface area contributed by atoms with Gasteiger partial charge in [-0.15, -0.1) is 0 Å². The standard InChI is InChI=1S/C17H15Cl2N/c1-2-3-14-15-10-13(19)8-9-16(15)20-17(14)11-4-6-12(18)7-5-11/h4-10,20H,2-3H2,1H3. The number of H-pyrrole nitrogens is 1. The third-order valence-corrected chi connectivity index (χ3v) is 3.99. The van der Waals surface area contributed by atoms with Gasteiger partial charge in [-0.2, -0.15) is 0 Å². The quantitative estimate of drug-likeness (QED) is 0.602. The molecule has 102 valence electrons. The Kier molecular flexibility index (Phi) is 3.73. The lowest BCUT2D eigenvalue weighted by Crippen LogP contribution is -1.86. The summed E-state index contributed by atoms with van der Waals surface area (Å²) in [6.45, 7) is 2.19. The molecule has 2 aromatic carbocycles. The van der Waals surface area contributed by atoms with Crippen molar-refractivity contribution in [1.29, 1.82) is 0 Å². The van der Waals surface area contributed by atoms with Gasteiger partial charge in [-0.1, -0.05) is 48.7 Å². The second kappa shape index (κ2) is 5.51. The van der Waals surface area contributed by atoms with Crippen LogP contribution >= 0.6 is 23.2 Å². The molecule has 1 nitrogen and oxygen atoms in total. The van der Waals surface area contributed by atoms with Gasteiger partial charge >= 0.3 is 0 Å². The predicted molar refractivity (Wildman–Crippen MR) is 87.7 cm³/mol. The van der Waals surface area contributed by atoms with Gasteiger partial charge in [-0.05, 0) is 47.9 Å². The van der Waals surface area contributed by atoms with Gasteiger partial charge in [0, 0.05) is 26.6 Å². The summed E-state index contributed by atoms with van der Waals surface area (Å²) in [7, 11) is 0. The minimum atomic E-state index is 0.755. The first-order valence-electron chi connectivity index (χ1n) is 6.75. The number of hydrogen-bond acceptors (Lipinski definition) is 0. The van der Waals surface area contributed by atoms with Crippen molar-refractivity contribution in [2.45, 2.75) is 19.8 Å². The Balaban J connectivity index is 2.23. The van der Waals surface area contributed by atoms with E-state index < -0.39 is 0 Å². The molecule has 0 saturated heterocycles. The summed E-state index contributed by atoms with van der Waals surface area (Å²) >= 11 is 12.1. The minimum Gasteiger partial charge on any atom is -0.354 e. The molecule has 0 aliphatic heterocycles. The lowest BCUT2D eigenvalue weighted by molar-refractivity contribution is 0.931. The van der Waals surface area contributed by atoms with E-state index in [1.165, 1.54) is 16.6 Å². The number of aryl methyl sites for hydroxylation is 1. The average molecular weight is 304 g/mol. The number of fused-ring (bicyclic) bond motifs is 1. The Morgan fingerprint density at radius 3 is 2.35 bits per heavy atom. The van der Waals surface area contributed by atoms with Crippen molar-refractivity contribution in [2.24, 2.45) is 0 Å². The fraction of sp³-hybridized carbons (Fsp3) is 0.176. The SMILES string of the molecule is CCCc1c(-c2ccc(Cl)cc2)[nH]c2ccc(Cl)cc12. The van der Waals surface area contributed by atoms with Gasteiger partial charge in [0.05, 0.1) is 0 Å². The number of aromatic amines is 1. The Morgan fingerprint density at radius 1 is 0.950 bits per heavy atom. The number of hydrogen-bond donors (Lipinski definition) is 1. The maximum atomic E-state index is 6.14. The van der Waals surface area contributed by atoms with Crippen LogP contribution in [0.5, 0.6) is 0 Å². The maximum absolute atomic E-state index is 6.14. The lowest BCUT2D eigenvalue weighted by atomic mass is 10.0. The molecule has 0 atom stereocenters. The van der Waals surface area contributed by atoms with Crippen molar-refractivity contribution >= 4 is 34.1 Å². The highest BCUT2D eigenvalue weighted by Gasteiger charge is 2.12. The lowest BCUT2D eigenvalue weighted by Gasteiger charge is -2.04. The van der Waals surface area contributed by atoms with Crippen LogP contribution in [-0.2, 0) is 6.42 Å². The molecule has 0 spiro atoms. The van der Waals surface area contributed by atoms with Crippen LogP contribution in [0.1, 0.15) is 18.9 Å². The molecule has 1 aromatic heterocycles. The zero-order chi connectivity index (χ0) is 14.1. The molecule has 3 aromatic rings. The van der Waals surface area contributed by atoms with Crippen LogP contribution < -0.4 is 0 Å². The molecule has 3 rings (SSSR count). The van der Waals surface area contributed by atoms with Crippen molar-refractivity contribution in [3.05, 3.63) is 58.1 Å². The fourth-order valence-corrected chi connectivity index (χ4v) is 2.89. The van der Waals surface area contributed by atoms with Crippen molar-refractivity contribution in [2.75, 3.05) is 0 Å². The smallest absolute Gasteiger partial charge is 0.0497 e. The molecule has 0 amide bonds. The van der Waals surface area contributed by atoms with E-state index in [1.54, 1.807) is 0 Å². The molecule has 1 heterocycles. The molecule has 0 radical (unpaired) electrons. The summed E-state index contributed by atoms with van der Waals surface area (Å²) in [6.07, 6.45) is 2.12. The maximum Gasteiger partial charge on any atom is 0.0497 e. The molecule has 20 heavy (non-hydrogen) atoms. The van der Waals surface area contributed by atoms with Crippen molar-refractivity contribution < 1.29 is 0 Å². The number of halogens is 2. The third-order valence-electron chi connectivity index (χ3n) is 3.50. The number of nitrogens with one attached hydrogen (secondary N) is 1. The highest BCUT2D eigenvalue weighted by molar-refractivity contribution is 6.31. The Morgan fingerprint density at radius 2 is 1.65 bits per heavy atom. The fourth-order valence-electron chi connectivity index (χ4n) is 2.59. The Hall–Kier alpha value is -1.44. The molecule has 0 fully saturated rings. The Bertz CT molecular complexity index is 742. The average Bonchev–Trinajstić information content (AvgIpc) is 2.79. The van der Waals surface area contributed by atoms with E-state index in [9.17, 15) is 0 Å². The van der Waals surface area contributed by atoms with Crippen LogP contribution in [0.25, 0.3) is 22.2 Å². The molecule has 1 N–H and O–H groups in total.